The summed E-state index contributed by atoms with van der Waals surface area (Å²) in [7, 11) is 0. The number of hydrogen-bond acceptors (Lipinski definition) is 3. The van der Waals surface area contributed by atoms with E-state index in [-0.39, 0.29) is 0 Å². The van der Waals surface area contributed by atoms with Gasteiger partial charge in [-0.2, -0.15) is 0 Å². The van der Waals surface area contributed by atoms with E-state index >= 15 is 0 Å². The zero-order valence-corrected chi connectivity index (χ0v) is 6.29. The second-order valence-electron chi connectivity index (χ2n) is 2.04. The number of nitrogens with one attached hydrogen (secondary N) is 1. The molecule has 5 N–H and O–H groups in total. The molecular weight excluding hydrogens is 142 g/mol. The summed E-state index contributed by atoms with van der Waals surface area (Å²) in [6.45, 7) is 6.85. The third kappa shape index (κ3) is 3.54. The molecule has 1 amide bonds. The van der Waals surface area contributed by atoms with E-state index in [1.165, 1.54) is 12.2 Å². The van der Waals surface area contributed by atoms with Gasteiger partial charge in [-0.25, -0.2) is 0 Å². The molecule has 0 aromatic carbocycles. The van der Waals surface area contributed by atoms with Crippen LogP contribution in [0, 0.1) is 0 Å². The Kier molecular flexibility index (Phi) is 4.17. The van der Waals surface area contributed by atoms with Crippen LogP contribution in [0.3, 0.4) is 0 Å². The summed E-state index contributed by atoms with van der Waals surface area (Å²) in [5.41, 5.74) is 10.4. The fourth-order valence-electron chi connectivity index (χ4n) is 0.542. The van der Waals surface area contributed by atoms with E-state index in [0.717, 1.165) is 0 Å². The Morgan fingerprint density at radius 3 is 2.27 bits per heavy atom. The number of rotatable bonds is 5. The first kappa shape index (κ1) is 9.87. The molecular formula is C7H13N3O. The minimum Gasteiger partial charge on any atom is -0.368 e. The molecule has 0 heterocycles. The van der Waals surface area contributed by atoms with Crippen molar-refractivity contribution in [2.75, 3.05) is 0 Å². The van der Waals surface area contributed by atoms with Crippen molar-refractivity contribution < 1.29 is 4.79 Å². The average molecular weight is 155 g/mol. The third-order valence-corrected chi connectivity index (χ3v) is 1.17. The number of primary amides is 1. The van der Waals surface area contributed by atoms with Crippen LogP contribution >= 0.6 is 0 Å². The normalized spacial score (nSPS) is 15.0. The quantitative estimate of drug-likeness (QED) is 0.355. The van der Waals surface area contributed by atoms with Gasteiger partial charge in [-0.3, -0.25) is 10.1 Å². The predicted molar refractivity (Wildman–Crippen MR) is 44.5 cm³/mol. The Balaban J connectivity index is 3.97. The molecule has 0 spiro atoms. The van der Waals surface area contributed by atoms with Crippen molar-refractivity contribution in [2.45, 2.75) is 12.2 Å². The lowest BCUT2D eigenvalue weighted by atomic mass is 10.2. The van der Waals surface area contributed by atoms with Gasteiger partial charge in [-0.15, -0.1) is 13.2 Å². The molecule has 62 valence electrons. The molecule has 0 aliphatic carbocycles. The Morgan fingerprint density at radius 2 is 2.00 bits per heavy atom. The maximum absolute atomic E-state index is 10.6. The molecule has 0 aromatic heterocycles. The fraction of sp³-hybridized carbons (Fsp3) is 0.286. The number of carbonyl (C=O) groups is 1. The van der Waals surface area contributed by atoms with Gasteiger partial charge in [0.2, 0.25) is 5.91 Å². The van der Waals surface area contributed by atoms with Crippen LogP contribution in [0.5, 0.6) is 0 Å². The molecule has 4 nitrogen and oxygen atoms in total. The molecule has 0 saturated carbocycles. The van der Waals surface area contributed by atoms with Gasteiger partial charge in [0.15, 0.2) is 0 Å². The fourth-order valence-corrected chi connectivity index (χ4v) is 0.542. The first-order chi connectivity index (χ1) is 5.11. The molecule has 0 aromatic rings. The number of hydrogen-bond donors (Lipinski definition) is 3. The summed E-state index contributed by atoms with van der Waals surface area (Å²) >= 11 is 0. The highest BCUT2D eigenvalue weighted by Gasteiger charge is 2.11. The van der Waals surface area contributed by atoms with E-state index < -0.39 is 18.1 Å². The predicted octanol–water partition coefficient (Wildman–Crippen LogP) is -0.913. The first-order valence-corrected chi connectivity index (χ1v) is 3.18. The second-order valence-corrected chi connectivity index (χ2v) is 2.04. The minimum atomic E-state index is -0.594. The van der Waals surface area contributed by atoms with Crippen LogP contribution in [-0.2, 0) is 4.79 Å². The van der Waals surface area contributed by atoms with Crippen LogP contribution in [-0.4, -0.2) is 18.1 Å². The number of amides is 1. The van der Waals surface area contributed by atoms with Crippen LogP contribution in [0.25, 0.3) is 0 Å². The molecule has 2 unspecified atom stereocenters. The standard InChI is InChI=1S/C7H13N3O/c1-3-5(7(9)11)10-6(8)4-2/h3-6,10H,1-2,8H2,(H2,9,11). The molecule has 0 radical (unpaired) electrons. The highest BCUT2D eigenvalue weighted by atomic mass is 16.1. The molecule has 0 saturated heterocycles. The Labute approximate surface area is 65.9 Å². The van der Waals surface area contributed by atoms with Crippen molar-refractivity contribution in [3.05, 3.63) is 25.3 Å². The zero-order valence-electron chi connectivity index (χ0n) is 6.29. The van der Waals surface area contributed by atoms with Gasteiger partial charge in [0.25, 0.3) is 0 Å². The van der Waals surface area contributed by atoms with E-state index in [9.17, 15) is 4.79 Å². The molecule has 0 fully saturated rings. The summed E-state index contributed by atoms with van der Waals surface area (Å²) in [6, 6.07) is -0.594. The smallest absolute Gasteiger partial charge is 0.238 e. The lowest BCUT2D eigenvalue weighted by Gasteiger charge is -2.14. The molecule has 0 bridgehead atoms. The number of carbonyl (C=O) groups excluding carboxylic acids is 1. The van der Waals surface area contributed by atoms with E-state index in [2.05, 4.69) is 18.5 Å². The topological polar surface area (TPSA) is 81.1 Å². The van der Waals surface area contributed by atoms with Gasteiger partial charge in [0.05, 0.1) is 6.17 Å². The van der Waals surface area contributed by atoms with Crippen LogP contribution in [0.4, 0.5) is 0 Å². The Morgan fingerprint density at radius 1 is 1.45 bits per heavy atom. The van der Waals surface area contributed by atoms with Crippen LogP contribution < -0.4 is 16.8 Å². The molecule has 4 heteroatoms. The van der Waals surface area contributed by atoms with Gasteiger partial charge in [0, 0.05) is 0 Å². The summed E-state index contributed by atoms with van der Waals surface area (Å²) < 4.78 is 0. The van der Waals surface area contributed by atoms with E-state index in [1.54, 1.807) is 0 Å². The van der Waals surface area contributed by atoms with Crippen LogP contribution in [0.15, 0.2) is 25.3 Å². The van der Waals surface area contributed by atoms with Gasteiger partial charge < -0.3 is 11.5 Å². The molecule has 0 aliphatic heterocycles. The summed E-state index contributed by atoms with van der Waals surface area (Å²) in [4.78, 5) is 10.6. The van der Waals surface area contributed by atoms with Crippen molar-refractivity contribution in [1.29, 1.82) is 0 Å². The lowest BCUT2D eigenvalue weighted by molar-refractivity contribution is -0.119. The number of nitrogens with two attached hydrogens (primary N) is 2. The van der Waals surface area contributed by atoms with Gasteiger partial charge in [0.1, 0.15) is 6.04 Å². The SMILES string of the molecule is C=CC(N)NC(C=C)C(N)=O. The van der Waals surface area contributed by atoms with Gasteiger partial charge in [-0.1, -0.05) is 12.2 Å². The summed E-state index contributed by atoms with van der Waals surface area (Å²) in [5.74, 6) is -0.502. The summed E-state index contributed by atoms with van der Waals surface area (Å²) in [5, 5.41) is 2.68. The van der Waals surface area contributed by atoms with Crippen molar-refractivity contribution in [2.24, 2.45) is 11.5 Å². The first-order valence-electron chi connectivity index (χ1n) is 3.18. The second kappa shape index (κ2) is 4.65. The Hall–Kier alpha value is -1.13. The monoisotopic (exact) mass is 155 g/mol. The lowest BCUT2D eigenvalue weighted by Crippen LogP contribution is -2.48. The van der Waals surface area contributed by atoms with Crippen molar-refractivity contribution in [3.63, 3.8) is 0 Å². The average Bonchev–Trinajstić information content (AvgIpc) is 1.99. The Bertz CT molecular complexity index is 167. The highest BCUT2D eigenvalue weighted by Crippen LogP contribution is 1.84. The summed E-state index contributed by atoms with van der Waals surface area (Å²) in [6.07, 6.45) is 2.43. The van der Waals surface area contributed by atoms with Crippen LogP contribution in [0.2, 0.25) is 0 Å². The minimum absolute atomic E-state index is 0.439. The van der Waals surface area contributed by atoms with Gasteiger partial charge in [-0.05, 0) is 0 Å². The van der Waals surface area contributed by atoms with Crippen molar-refractivity contribution in [1.82, 2.24) is 5.32 Å². The van der Waals surface area contributed by atoms with Crippen molar-refractivity contribution in [3.8, 4) is 0 Å². The van der Waals surface area contributed by atoms with Gasteiger partial charge >= 0.3 is 0 Å². The van der Waals surface area contributed by atoms with Crippen molar-refractivity contribution >= 4 is 5.91 Å². The molecule has 0 aliphatic rings. The highest BCUT2D eigenvalue weighted by molar-refractivity contribution is 5.81. The van der Waals surface area contributed by atoms with E-state index in [1.807, 2.05) is 0 Å². The molecule has 0 rings (SSSR count). The maximum atomic E-state index is 10.6. The zero-order chi connectivity index (χ0) is 8.85. The van der Waals surface area contributed by atoms with E-state index in [0.29, 0.717) is 0 Å². The van der Waals surface area contributed by atoms with E-state index in [4.69, 9.17) is 11.5 Å². The van der Waals surface area contributed by atoms with Crippen LogP contribution in [0.1, 0.15) is 0 Å². The molecule has 2 atom stereocenters. The maximum Gasteiger partial charge on any atom is 0.238 e. The third-order valence-electron chi connectivity index (χ3n) is 1.17. The molecule has 11 heavy (non-hydrogen) atoms. The largest absolute Gasteiger partial charge is 0.368 e.